The van der Waals surface area contributed by atoms with Gasteiger partial charge < -0.3 is 9.88 Å². The van der Waals surface area contributed by atoms with Gasteiger partial charge in [0.05, 0.1) is 15.9 Å². The first-order valence-corrected chi connectivity index (χ1v) is 9.47. The van der Waals surface area contributed by atoms with Gasteiger partial charge in [-0.3, -0.25) is 14.9 Å². The Labute approximate surface area is 157 Å². The number of anilines is 1. The summed E-state index contributed by atoms with van der Waals surface area (Å²) in [5, 5.41) is 14.0. The van der Waals surface area contributed by atoms with Crippen LogP contribution in [0.4, 0.5) is 11.4 Å². The van der Waals surface area contributed by atoms with Crippen LogP contribution in [0.25, 0.3) is 0 Å². The molecule has 0 radical (unpaired) electrons. The highest BCUT2D eigenvalue weighted by molar-refractivity contribution is 8.00. The van der Waals surface area contributed by atoms with Crippen LogP contribution < -0.4 is 5.32 Å². The predicted octanol–water partition coefficient (Wildman–Crippen LogP) is 4.33. The van der Waals surface area contributed by atoms with E-state index in [-0.39, 0.29) is 16.8 Å². The van der Waals surface area contributed by atoms with Gasteiger partial charge in [-0.15, -0.1) is 0 Å². The SMILES string of the molecule is CCCCn1c(SC(C)C(=O)Nc2cccc([N+](=O)[O-])c2)nc(C)c1C. The van der Waals surface area contributed by atoms with Gasteiger partial charge in [-0.2, -0.15) is 0 Å². The average molecular weight is 376 g/mol. The number of thioether (sulfide) groups is 1. The Morgan fingerprint density at radius 2 is 2.15 bits per heavy atom. The van der Waals surface area contributed by atoms with Gasteiger partial charge in [0.15, 0.2) is 5.16 Å². The number of aromatic nitrogens is 2. The molecule has 0 saturated heterocycles. The molecular weight excluding hydrogens is 352 g/mol. The van der Waals surface area contributed by atoms with E-state index in [2.05, 4.69) is 21.8 Å². The summed E-state index contributed by atoms with van der Waals surface area (Å²) in [6.45, 7) is 8.83. The summed E-state index contributed by atoms with van der Waals surface area (Å²) in [6.07, 6.45) is 2.14. The number of nitro groups is 1. The van der Waals surface area contributed by atoms with E-state index in [0.717, 1.165) is 35.9 Å². The molecule has 1 N–H and O–H groups in total. The molecule has 1 atom stereocenters. The van der Waals surface area contributed by atoms with Gasteiger partial charge >= 0.3 is 0 Å². The van der Waals surface area contributed by atoms with Gasteiger partial charge in [-0.05, 0) is 33.3 Å². The number of hydrogen-bond donors (Lipinski definition) is 1. The third-order valence-electron chi connectivity index (χ3n) is 4.13. The second kappa shape index (κ2) is 8.84. The molecule has 0 fully saturated rings. The fourth-order valence-corrected chi connectivity index (χ4v) is 3.47. The van der Waals surface area contributed by atoms with Crippen molar-refractivity contribution in [2.24, 2.45) is 0 Å². The average Bonchev–Trinajstić information content (AvgIpc) is 2.86. The van der Waals surface area contributed by atoms with E-state index in [1.54, 1.807) is 19.1 Å². The number of aryl methyl sites for hydroxylation is 1. The topological polar surface area (TPSA) is 90.1 Å². The summed E-state index contributed by atoms with van der Waals surface area (Å²) in [7, 11) is 0. The Kier molecular flexibility index (Phi) is 6.79. The number of non-ortho nitro benzene ring substituents is 1. The Morgan fingerprint density at radius 1 is 1.42 bits per heavy atom. The van der Waals surface area contributed by atoms with Crippen molar-refractivity contribution in [1.29, 1.82) is 0 Å². The molecule has 0 bridgehead atoms. The lowest BCUT2D eigenvalue weighted by atomic mass is 10.2. The summed E-state index contributed by atoms with van der Waals surface area (Å²) in [5.41, 5.74) is 2.45. The lowest BCUT2D eigenvalue weighted by Gasteiger charge is -2.14. The molecule has 1 amide bonds. The third-order valence-corrected chi connectivity index (χ3v) is 5.22. The summed E-state index contributed by atoms with van der Waals surface area (Å²) in [5.74, 6) is -0.212. The highest BCUT2D eigenvalue weighted by Crippen LogP contribution is 2.27. The minimum atomic E-state index is -0.482. The van der Waals surface area contributed by atoms with E-state index in [1.807, 2.05) is 13.8 Å². The molecule has 0 saturated carbocycles. The Morgan fingerprint density at radius 3 is 2.81 bits per heavy atom. The second-order valence-corrected chi connectivity index (χ2v) is 7.44. The predicted molar refractivity (Wildman–Crippen MR) is 104 cm³/mol. The summed E-state index contributed by atoms with van der Waals surface area (Å²) in [6, 6.07) is 5.93. The van der Waals surface area contributed by atoms with Crippen LogP contribution in [0, 0.1) is 24.0 Å². The number of benzene rings is 1. The van der Waals surface area contributed by atoms with E-state index in [4.69, 9.17) is 0 Å². The molecule has 2 rings (SSSR count). The van der Waals surface area contributed by atoms with Crippen LogP contribution in [-0.4, -0.2) is 25.6 Å². The normalized spacial score (nSPS) is 12.0. The summed E-state index contributed by atoms with van der Waals surface area (Å²) < 4.78 is 2.15. The molecule has 1 heterocycles. The number of nitro benzene ring substituents is 1. The molecule has 1 aromatic carbocycles. The minimum absolute atomic E-state index is 0.0514. The molecule has 1 unspecified atom stereocenters. The molecule has 0 aliphatic carbocycles. The first-order valence-electron chi connectivity index (χ1n) is 8.59. The fraction of sp³-hybridized carbons (Fsp3) is 0.444. The van der Waals surface area contributed by atoms with Crippen molar-refractivity contribution in [3.63, 3.8) is 0 Å². The number of unbranched alkanes of at least 4 members (excludes halogenated alkanes) is 1. The third kappa shape index (κ3) is 4.85. The number of nitrogens with zero attached hydrogens (tertiary/aromatic N) is 3. The quantitative estimate of drug-likeness (QED) is 0.421. The minimum Gasteiger partial charge on any atom is -0.325 e. The van der Waals surface area contributed by atoms with E-state index < -0.39 is 4.92 Å². The van der Waals surface area contributed by atoms with Crippen LogP contribution in [0.1, 0.15) is 38.1 Å². The van der Waals surface area contributed by atoms with Crippen LogP contribution >= 0.6 is 11.8 Å². The molecule has 7 nitrogen and oxygen atoms in total. The fourth-order valence-electron chi connectivity index (χ4n) is 2.45. The molecule has 8 heteroatoms. The maximum atomic E-state index is 12.5. The van der Waals surface area contributed by atoms with Crippen LogP contribution in [0.3, 0.4) is 0 Å². The highest BCUT2D eigenvalue weighted by Gasteiger charge is 2.20. The van der Waals surface area contributed by atoms with Gasteiger partial charge in [0.2, 0.25) is 5.91 Å². The number of carbonyl (C=O) groups is 1. The zero-order chi connectivity index (χ0) is 19.3. The van der Waals surface area contributed by atoms with Crippen molar-refractivity contribution >= 4 is 29.0 Å². The van der Waals surface area contributed by atoms with Crippen LogP contribution in [-0.2, 0) is 11.3 Å². The molecule has 140 valence electrons. The molecule has 2 aromatic rings. The zero-order valence-electron chi connectivity index (χ0n) is 15.5. The first kappa shape index (κ1) is 20.0. The summed E-state index contributed by atoms with van der Waals surface area (Å²) >= 11 is 1.40. The van der Waals surface area contributed by atoms with Gasteiger partial charge in [0, 0.05) is 30.1 Å². The van der Waals surface area contributed by atoms with Crippen molar-refractivity contribution in [3.8, 4) is 0 Å². The molecule has 0 aliphatic heterocycles. The van der Waals surface area contributed by atoms with E-state index >= 15 is 0 Å². The largest absolute Gasteiger partial charge is 0.325 e. The standard InChI is InChI=1S/C18H24N4O3S/c1-5-6-10-21-13(3)12(2)19-18(21)26-14(4)17(23)20-15-8-7-9-16(11-15)22(24)25/h7-9,11,14H,5-6,10H2,1-4H3,(H,20,23). The molecular formula is C18H24N4O3S. The lowest BCUT2D eigenvalue weighted by Crippen LogP contribution is -2.23. The maximum Gasteiger partial charge on any atom is 0.271 e. The number of nitrogens with one attached hydrogen (secondary N) is 1. The van der Waals surface area contributed by atoms with E-state index in [1.165, 1.54) is 23.9 Å². The Balaban J connectivity index is 2.09. The molecule has 0 aliphatic rings. The second-order valence-electron chi connectivity index (χ2n) is 6.13. The lowest BCUT2D eigenvalue weighted by molar-refractivity contribution is -0.384. The number of amides is 1. The Bertz CT molecular complexity index is 804. The number of rotatable bonds is 8. The molecule has 26 heavy (non-hydrogen) atoms. The van der Waals surface area contributed by atoms with E-state index in [9.17, 15) is 14.9 Å². The smallest absolute Gasteiger partial charge is 0.271 e. The zero-order valence-corrected chi connectivity index (χ0v) is 16.3. The van der Waals surface area contributed by atoms with Gasteiger partial charge in [-0.25, -0.2) is 4.98 Å². The van der Waals surface area contributed by atoms with Gasteiger partial charge in [0.1, 0.15) is 0 Å². The number of hydrogen-bond acceptors (Lipinski definition) is 5. The van der Waals surface area contributed by atoms with Crippen LogP contribution in [0.5, 0.6) is 0 Å². The van der Waals surface area contributed by atoms with Crippen molar-refractivity contribution in [2.45, 2.75) is 57.5 Å². The maximum absolute atomic E-state index is 12.5. The Hall–Kier alpha value is -2.35. The van der Waals surface area contributed by atoms with Crippen molar-refractivity contribution in [3.05, 3.63) is 45.8 Å². The van der Waals surface area contributed by atoms with Crippen molar-refractivity contribution < 1.29 is 9.72 Å². The molecule has 0 spiro atoms. The van der Waals surface area contributed by atoms with Crippen LogP contribution in [0.2, 0.25) is 0 Å². The number of imidazole rings is 1. The number of carbonyl (C=O) groups excluding carboxylic acids is 1. The monoisotopic (exact) mass is 376 g/mol. The van der Waals surface area contributed by atoms with Crippen molar-refractivity contribution in [2.75, 3.05) is 5.32 Å². The highest BCUT2D eigenvalue weighted by atomic mass is 32.2. The summed E-state index contributed by atoms with van der Waals surface area (Å²) in [4.78, 5) is 27.4. The van der Waals surface area contributed by atoms with E-state index in [0.29, 0.717) is 5.69 Å². The molecule has 1 aromatic heterocycles. The first-order chi connectivity index (χ1) is 12.3. The van der Waals surface area contributed by atoms with Crippen molar-refractivity contribution in [1.82, 2.24) is 9.55 Å². The van der Waals surface area contributed by atoms with Gasteiger partial charge in [-0.1, -0.05) is 31.2 Å². The van der Waals surface area contributed by atoms with Crippen LogP contribution in [0.15, 0.2) is 29.4 Å². The van der Waals surface area contributed by atoms with Gasteiger partial charge in [0.25, 0.3) is 5.69 Å².